The molecule has 3 heterocycles. The molecule has 0 fully saturated rings. The molecule has 1 aliphatic rings. The van der Waals surface area contributed by atoms with E-state index in [-0.39, 0.29) is 26.7 Å². The van der Waals surface area contributed by atoms with Crippen LogP contribution in [0.5, 0.6) is 0 Å². The number of allylic oxidation sites excluding steroid dienone is 1. The lowest BCUT2D eigenvalue weighted by molar-refractivity contribution is 0.0990. The predicted octanol–water partition coefficient (Wildman–Crippen LogP) is 6.06. The van der Waals surface area contributed by atoms with E-state index in [1.807, 2.05) is 0 Å². The molecule has 0 N–H and O–H groups in total. The van der Waals surface area contributed by atoms with Crippen LogP contribution in [0.3, 0.4) is 0 Å². The third-order valence-corrected chi connectivity index (χ3v) is 5.04. The van der Waals surface area contributed by atoms with Gasteiger partial charge in [-0.1, -0.05) is 23.2 Å². The van der Waals surface area contributed by atoms with Crippen molar-refractivity contribution in [2.24, 2.45) is 0 Å². The molecule has 0 bridgehead atoms. The van der Waals surface area contributed by atoms with Crippen LogP contribution in [0.2, 0.25) is 10.0 Å². The highest BCUT2D eigenvalue weighted by molar-refractivity contribution is 6.46. The fourth-order valence-electron chi connectivity index (χ4n) is 3.05. The van der Waals surface area contributed by atoms with Gasteiger partial charge in [-0.15, -0.1) is 0 Å². The average Bonchev–Trinajstić information content (AvgIpc) is 3.38. The SMILES string of the molecule is O=C1C(=Cc2cc3oc(-c4ccco4)cc3o2)C(=O)c2cc(Cl)c(Cl)cc21. The van der Waals surface area contributed by atoms with Gasteiger partial charge in [-0.2, -0.15) is 0 Å². The minimum absolute atomic E-state index is 0.00834. The number of fused-ring (bicyclic) bond motifs is 2. The number of carbonyl (C=O) groups is 2. The lowest BCUT2D eigenvalue weighted by Crippen LogP contribution is -1.99. The highest BCUT2D eigenvalue weighted by atomic mass is 35.5. The highest BCUT2D eigenvalue weighted by Crippen LogP contribution is 2.35. The van der Waals surface area contributed by atoms with Crippen LogP contribution in [0.1, 0.15) is 26.5 Å². The molecule has 4 aromatic rings. The molecule has 0 saturated heterocycles. The Kier molecular flexibility index (Phi) is 3.44. The highest BCUT2D eigenvalue weighted by Gasteiger charge is 2.34. The first-order valence-electron chi connectivity index (χ1n) is 7.88. The molecule has 0 spiro atoms. The van der Waals surface area contributed by atoms with Crippen LogP contribution in [0.4, 0.5) is 0 Å². The third-order valence-electron chi connectivity index (χ3n) is 4.32. The number of benzene rings is 1. The Labute approximate surface area is 161 Å². The van der Waals surface area contributed by atoms with E-state index in [0.717, 1.165) is 0 Å². The normalized spacial score (nSPS) is 13.6. The van der Waals surface area contributed by atoms with Crippen molar-refractivity contribution in [3.63, 3.8) is 0 Å². The second-order valence-corrected chi connectivity index (χ2v) is 6.81. The quantitative estimate of drug-likeness (QED) is 0.303. The van der Waals surface area contributed by atoms with Crippen LogP contribution in [-0.2, 0) is 0 Å². The van der Waals surface area contributed by atoms with Crippen molar-refractivity contribution in [2.45, 2.75) is 0 Å². The Bertz CT molecular complexity index is 1200. The molecule has 0 radical (unpaired) electrons. The average molecular weight is 399 g/mol. The van der Waals surface area contributed by atoms with E-state index in [4.69, 9.17) is 36.5 Å². The van der Waals surface area contributed by atoms with Gasteiger partial charge in [0.1, 0.15) is 5.76 Å². The van der Waals surface area contributed by atoms with Crippen LogP contribution in [-0.4, -0.2) is 11.6 Å². The minimum atomic E-state index is -0.419. The van der Waals surface area contributed by atoms with Gasteiger partial charge in [-0.3, -0.25) is 9.59 Å². The molecule has 0 aliphatic heterocycles. The monoisotopic (exact) mass is 398 g/mol. The molecule has 132 valence electrons. The van der Waals surface area contributed by atoms with Gasteiger partial charge in [0.15, 0.2) is 34.3 Å². The van der Waals surface area contributed by atoms with Crippen LogP contribution in [0, 0.1) is 0 Å². The van der Waals surface area contributed by atoms with Crippen molar-refractivity contribution in [1.29, 1.82) is 0 Å². The summed E-state index contributed by atoms with van der Waals surface area (Å²) in [7, 11) is 0. The van der Waals surface area contributed by atoms with Crippen molar-refractivity contribution in [3.05, 3.63) is 75.2 Å². The predicted molar refractivity (Wildman–Crippen MR) is 99.3 cm³/mol. The first-order chi connectivity index (χ1) is 13.0. The number of rotatable bonds is 2. The van der Waals surface area contributed by atoms with Crippen molar-refractivity contribution in [3.8, 4) is 11.5 Å². The number of ketones is 2. The Morgan fingerprint density at radius 2 is 1.48 bits per heavy atom. The van der Waals surface area contributed by atoms with Gasteiger partial charge in [0.2, 0.25) is 0 Å². The van der Waals surface area contributed by atoms with Gasteiger partial charge >= 0.3 is 0 Å². The van der Waals surface area contributed by atoms with E-state index in [1.165, 1.54) is 18.2 Å². The van der Waals surface area contributed by atoms with Gasteiger partial charge < -0.3 is 13.3 Å². The van der Waals surface area contributed by atoms with E-state index in [2.05, 4.69) is 0 Å². The summed E-state index contributed by atoms with van der Waals surface area (Å²) in [6.45, 7) is 0. The van der Waals surface area contributed by atoms with Crippen molar-refractivity contribution in [2.75, 3.05) is 0 Å². The van der Waals surface area contributed by atoms with Crippen molar-refractivity contribution in [1.82, 2.24) is 0 Å². The molecule has 1 aromatic carbocycles. The van der Waals surface area contributed by atoms with Gasteiger partial charge in [0.25, 0.3) is 0 Å². The Morgan fingerprint density at radius 1 is 0.815 bits per heavy atom. The Hall–Kier alpha value is -3.02. The van der Waals surface area contributed by atoms with E-state index in [9.17, 15) is 9.59 Å². The maximum atomic E-state index is 12.6. The fourth-order valence-corrected chi connectivity index (χ4v) is 3.38. The molecule has 3 aromatic heterocycles. The van der Waals surface area contributed by atoms with Crippen LogP contribution in [0.25, 0.3) is 28.8 Å². The standard InChI is InChI=1S/C20H8Cl2O5/c21-13-6-10-11(7-14(13)22)20(24)12(19(10)23)4-9-5-16-18(26-9)8-17(27-16)15-2-1-3-25-15/h1-8H. The zero-order valence-corrected chi connectivity index (χ0v) is 14.9. The topological polar surface area (TPSA) is 73.6 Å². The molecule has 0 saturated carbocycles. The lowest BCUT2D eigenvalue weighted by Gasteiger charge is -1.98. The Balaban J connectivity index is 1.54. The van der Waals surface area contributed by atoms with Crippen LogP contribution >= 0.6 is 23.2 Å². The number of halogens is 2. The zero-order valence-electron chi connectivity index (χ0n) is 13.4. The lowest BCUT2D eigenvalue weighted by atomic mass is 10.1. The molecule has 0 atom stereocenters. The summed E-state index contributed by atoms with van der Waals surface area (Å²) >= 11 is 11.9. The second kappa shape index (κ2) is 5.74. The third kappa shape index (κ3) is 2.47. The maximum absolute atomic E-state index is 12.6. The smallest absolute Gasteiger partial charge is 0.197 e. The molecule has 1 aliphatic carbocycles. The zero-order chi connectivity index (χ0) is 18.7. The van der Waals surface area contributed by atoms with Gasteiger partial charge in [0, 0.05) is 23.3 Å². The molecule has 5 rings (SSSR count). The van der Waals surface area contributed by atoms with E-state index >= 15 is 0 Å². The molecule has 7 heteroatoms. The number of hydrogen-bond donors (Lipinski definition) is 0. The molecule has 0 unspecified atom stereocenters. The van der Waals surface area contributed by atoms with Gasteiger partial charge in [-0.25, -0.2) is 0 Å². The summed E-state index contributed by atoms with van der Waals surface area (Å²) in [5.41, 5.74) is 1.42. The number of hydrogen-bond acceptors (Lipinski definition) is 5. The van der Waals surface area contributed by atoms with Crippen LogP contribution in [0.15, 0.2) is 61.5 Å². The van der Waals surface area contributed by atoms with E-state index < -0.39 is 11.6 Å². The molecule has 27 heavy (non-hydrogen) atoms. The molecule has 0 amide bonds. The van der Waals surface area contributed by atoms with Crippen molar-refractivity contribution >= 4 is 52.0 Å². The molecular weight excluding hydrogens is 391 g/mol. The fraction of sp³-hybridized carbons (Fsp3) is 0. The first kappa shape index (κ1) is 16.2. The van der Waals surface area contributed by atoms with E-state index in [1.54, 1.807) is 30.5 Å². The molecule has 5 nitrogen and oxygen atoms in total. The summed E-state index contributed by atoms with van der Waals surface area (Å²) in [6, 6.07) is 9.63. The maximum Gasteiger partial charge on any atom is 0.197 e. The first-order valence-corrected chi connectivity index (χ1v) is 8.64. The number of Topliss-reactive ketones (excluding diaryl/α,β-unsaturated/α-hetero) is 2. The Morgan fingerprint density at radius 3 is 2.07 bits per heavy atom. The van der Waals surface area contributed by atoms with E-state index in [0.29, 0.717) is 28.4 Å². The minimum Gasteiger partial charge on any atom is -0.461 e. The number of furan rings is 3. The molecular formula is C20H8Cl2O5. The second-order valence-electron chi connectivity index (χ2n) is 5.99. The summed E-state index contributed by atoms with van der Waals surface area (Å²) in [5.74, 6) is 0.594. The summed E-state index contributed by atoms with van der Waals surface area (Å²) in [5, 5.41) is 0.442. The van der Waals surface area contributed by atoms with Gasteiger partial charge in [-0.05, 0) is 30.3 Å². The van der Waals surface area contributed by atoms with Crippen LogP contribution < -0.4 is 0 Å². The summed E-state index contributed by atoms with van der Waals surface area (Å²) < 4.78 is 16.6. The van der Waals surface area contributed by atoms with Crippen molar-refractivity contribution < 1.29 is 22.8 Å². The number of carbonyl (C=O) groups excluding carboxylic acids is 2. The summed E-state index contributed by atoms with van der Waals surface area (Å²) in [4.78, 5) is 25.1. The summed E-state index contributed by atoms with van der Waals surface area (Å²) in [6.07, 6.45) is 2.94. The largest absolute Gasteiger partial charge is 0.461 e. The van der Waals surface area contributed by atoms with Gasteiger partial charge in [0.05, 0.1) is 21.9 Å².